The lowest BCUT2D eigenvalue weighted by Crippen LogP contribution is -2.32. The molecule has 1 heterocycles. The Morgan fingerprint density at radius 1 is 1.07 bits per heavy atom. The van der Waals surface area contributed by atoms with Gasteiger partial charge in [0.2, 0.25) is 5.91 Å². The first kappa shape index (κ1) is 19.7. The van der Waals surface area contributed by atoms with Crippen molar-refractivity contribution in [1.82, 2.24) is 5.32 Å². The summed E-state index contributed by atoms with van der Waals surface area (Å²) in [6, 6.07) is 12.0. The van der Waals surface area contributed by atoms with Crippen LogP contribution in [0.5, 0.6) is 0 Å². The third-order valence-electron chi connectivity index (χ3n) is 4.36. The zero-order chi connectivity index (χ0) is 19.2. The summed E-state index contributed by atoms with van der Waals surface area (Å²) >= 11 is 12.2. The van der Waals surface area contributed by atoms with Crippen LogP contribution in [0, 0.1) is 0 Å². The van der Waals surface area contributed by atoms with Crippen LogP contribution in [0.15, 0.2) is 42.5 Å². The Labute approximate surface area is 168 Å². The zero-order valence-electron chi connectivity index (χ0n) is 14.6. The van der Waals surface area contributed by atoms with E-state index >= 15 is 0 Å². The van der Waals surface area contributed by atoms with Crippen molar-refractivity contribution in [3.05, 3.63) is 63.6 Å². The Morgan fingerprint density at radius 2 is 1.81 bits per heavy atom. The Hall–Kier alpha value is -2.08. The van der Waals surface area contributed by atoms with Gasteiger partial charge in [-0.2, -0.15) is 0 Å². The topological polar surface area (TPSA) is 67.4 Å². The van der Waals surface area contributed by atoms with Gasteiger partial charge < -0.3 is 15.4 Å². The van der Waals surface area contributed by atoms with Crippen molar-refractivity contribution in [2.24, 2.45) is 0 Å². The molecule has 0 radical (unpaired) electrons. The van der Waals surface area contributed by atoms with Gasteiger partial charge in [0.15, 0.2) is 0 Å². The number of amides is 2. The molecule has 0 aromatic heterocycles. The fourth-order valence-corrected chi connectivity index (χ4v) is 3.48. The largest absolute Gasteiger partial charge is 0.376 e. The Kier molecular flexibility index (Phi) is 6.72. The van der Waals surface area contributed by atoms with Gasteiger partial charge in [-0.05, 0) is 42.7 Å². The number of hydrogen-bond acceptors (Lipinski definition) is 3. The molecule has 0 bridgehead atoms. The highest BCUT2D eigenvalue weighted by atomic mass is 35.5. The van der Waals surface area contributed by atoms with E-state index in [0.717, 1.165) is 19.4 Å². The fraction of sp³-hybridized carbons (Fsp3) is 0.300. The number of rotatable bonds is 6. The molecule has 5 nitrogen and oxygen atoms in total. The lowest BCUT2D eigenvalue weighted by molar-refractivity contribution is -0.115. The highest BCUT2D eigenvalue weighted by Crippen LogP contribution is 2.25. The first-order valence-electron chi connectivity index (χ1n) is 8.76. The summed E-state index contributed by atoms with van der Waals surface area (Å²) < 4.78 is 5.51. The van der Waals surface area contributed by atoms with Gasteiger partial charge in [-0.15, -0.1) is 0 Å². The number of benzene rings is 2. The number of carbonyl (C=O) groups excluding carboxylic acids is 2. The fourth-order valence-electron chi connectivity index (χ4n) is 2.95. The van der Waals surface area contributed by atoms with E-state index < -0.39 is 0 Å². The molecule has 1 atom stereocenters. The third-order valence-corrected chi connectivity index (χ3v) is 5.07. The predicted molar refractivity (Wildman–Crippen MR) is 107 cm³/mol. The first-order valence-corrected chi connectivity index (χ1v) is 9.52. The van der Waals surface area contributed by atoms with Gasteiger partial charge >= 0.3 is 0 Å². The molecule has 0 aliphatic carbocycles. The van der Waals surface area contributed by atoms with Crippen LogP contribution in [0.25, 0.3) is 0 Å². The number of para-hydroxylation sites is 1. The number of anilines is 1. The van der Waals surface area contributed by atoms with Gasteiger partial charge in [0.1, 0.15) is 0 Å². The van der Waals surface area contributed by atoms with E-state index in [1.807, 2.05) is 0 Å². The third kappa shape index (κ3) is 5.22. The molecule has 2 N–H and O–H groups in total. The van der Waals surface area contributed by atoms with Gasteiger partial charge in [0.25, 0.3) is 5.91 Å². The summed E-state index contributed by atoms with van der Waals surface area (Å²) in [7, 11) is 0. The van der Waals surface area contributed by atoms with E-state index in [9.17, 15) is 9.59 Å². The van der Waals surface area contributed by atoms with E-state index in [0.29, 0.717) is 33.4 Å². The van der Waals surface area contributed by atoms with Crippen LogP contribution in [-0.2, 0) is 16.0 Å². The second-order valence-electron chi connectivity index (χ2n) is 6.32. The molecule has 1 aliphatic heterocycles. The van der Waals surface area contributed by atoms with Crippen LogP contribution in [-0.4, -0.2) is 31.1 Å². The lowest BCUT2D eigenvalue weighted by atomic mass is 10.1. The summed E-state index contributed by atoms with van der Waals surface area (Å²) in [6.07, 6.45) is 2.03. The Bertz CT molecular complexity index is 815. The van der Waals surface area contributed by atoms with E-state index in [1.165, 1.54) is 0 Å². The highest BCUT2D eigenvalue weighted by molar-refractivity contribution is 6.36. The van der Waals surface area contributed by atoms with Gasteiger partial charge in [-0.25, -0.2) is 0 Å². The molecule has 2 amide bonds. The van der Waals surface area contributed by atoms with E-state index in [1.54, 1.807) is 42.5 Å². The molecule has 2 aromatic rings. The molecular weight excluding hydrogens is 387 g/mol. The quantitative estimate of drug-likeness (QED) is 0.758. The smallest absolute Gasteiger partial charge is 0.253 e. The molecule has 1 fully saturated rings. The zero-order valence-corrected chi connectivity index (χ0v) is 16.1. The molecule has 7 heteroatoms. The van der Waals surface area contributed by atoms with Crippen molar-refractivity contribution in [2.45, 2.75) is 25.4 Å². The summed E-state index contributed by atoms with van der Waals surface area (Å²) in [5.41, 5.74) is 1.39. The van der Waals surface area contributed by atoms with Gasteiger partial charge in [-0.3, -0.25) is 9.59 Å². The number of hydrogen-bond donors (Lipinski definition) is 2. The van der Waals surface area contributed by atoms with Crippen LogP contribution in [0.3, 0.4) is 0 Å². The molecule has 142 valence electrons. The van der Waals surface area contributed by atoms with Crippen LogP contribution in [0.4, 0.5) is 5.69 Å². The maximum Gasteiger partial charge on any atom is 0.253 e. The molecule has 0 saturated carbocycles. The maximum absolute atomic E-state index is 12.5. The molecule has 2 aromatic carbocycles. The SMILES string of the molecule is O=C(Cc1c(Cl)cccc1Cl)Nc1ccccc1C(=O)NCC1CCCO1. The minimum absolute atomic E-state index is 0.0182. The number of carbonyl (C=O) groups is 2. The van der Waals surface area contributed by atoms with Gasteiger partial charge in [0.05, 0.1) is 23.8 Å². The van der Waals surface area contributed by atoms with Crippen LogP contribution in [0.2, 0.25) is 10.0 Å². The second kappa shape index (κ2) is 9.22. The van der Waals surface area contributed by atoms with Crippen molar-refractivity contribution < 1.29 is 14.3 Å². The van der Waals surface area contributed by atoms with Gasteiger partial charge in [-0.1, -0.05) is 41.4 Å². The summed E-state index contributed by atoms with van der Waals surface area (Å²) in [6.45, 7) is 1.19. The predicted octanol–water partition coefficient (Wildman–Crippen LogP) is 4.08. The van der Waals surface area contributed by atoms with Crippen molar-refractivity contribution in [3.8, 4) is 0 Å². The normalized spacial score (nSPS) is 16.1. The number of ether oxygens (including phenoxy) is 1. The second-order valence-corrected chi connectivity index (χ2v) is 7.13. The Balaban J connectivity index is 1.66. The summed E-state index contributed by atoms with van der Waals surface area (Å²) in [4.78, 5) is 25.0. The van der Waals surface area contributed by atoms with Crippen molar-refractivity contribution in [1.29, 1.82) is 0 Å². The molecule has 1 unspecified atom stereocenters. The van der Waals surface area contributed by atoms with Crippen molar-refractivity contribution in [2.75, 3.05) is 18.5 Å². The Morgan fingerprint density at radius 3 is 2.52 bits per heavy atom. The molecular formula is C20H20Cl2N2O3. The van der Waals surface area contributed by atoms with Crippen molar-refractivity contribution in [3.63, 3.8) is 0 Å². The monoisotopic (exact) mass is 406 g/mol. The molecule has 27 heavy (non-hydrogen) atoms. The molecule has 1 aliphatic rings. The molecule has 1 saturated heterocycles. The van der Waals surface area contributed by atoms with Crippen LogP contribution >= 0.6 is 23.2 Å². The van der Waals surface area contributed by atoms with E-state index in [2.05, 4.69) is 10.6 Å². The van der Waals surface area contributed by atoms with Crippen molar-refractivity contribution >= 4 is 40.7 Å². The minimum atomic E-state index is -0.302. The number of nitrogens with one attached hydrogen (secondary N) is 2. The average molecular weight is 407 g/mol. The van der Waals surface area contributed by atoms with Gasteiger partial charge in [0, 0.05) is 23.2 Å². The van der Waals surface area contributed by atoms with E-state index in [4.69, 9.17) is 27.9 Å². The average Bonchev–Trinajstić information content (AvgIpc) is 3.17. The van der Waals surface area contributed by atoms with Crippen LogP contribution in [0.1, 0.15) is 28.8 Å². The number of halogens is 2. The highest BCUT2D eigenvalue weighted by Gasteiger charge is 2.19. The lowest BCUT2D eigenvalue weighted by Gasteiger charge is -2.14. The molecule has 3 rings (SSSR count). The minimum Gasteiger partial charge on any atom is -0.376 e. The van der Waals surface area contributed by atoms with E-state index in [-0.39, 0.29) is 24.3 Å². The summed E-state index contributed by atoms with van der Waals surface area (Å²) in [5, 5.41) is 6.50. The first-order chi connectivity index (χ1) is 13.0. The maximum atomic E-state index is 12.5. The van der Waals surface area contributed by atoms with Crippen LogP contribution < -0.4 is 10.6 Å². The standard InChI is InChI=1S/C20H20Cl2N2O3/c21-16-7-3-8-17(22)15(16)11-19(25)24-18-9-2-1-6-14(18)20(26)23-12-13-5-4-10-27-13/h1-3,6-9,13H,4-5,10-12H2,(H,23,26)(H,24,25). The molecule has 0 spiro atoms. The summed E-state index contributed by atoms with van der Waals surface area (Å²) in [5.74, 6) is -0.554.